The number of nitrogens with one attached hydrogen (secondary N) is 2. The van der Waals surface area contributed by atoms with E-state index < -0.39 is 0 Å². The summed E-state index contributed by atoms with van der Waals surface area (Å²) >= 11 is 1.55. The van der Waals surface area contributed by atoms with Gasteiger partial charge in [-0.2, -0.15) is 0 Å². The van der Waals surface area contributed by atoms with Gasteiger partial charge in [-0.25, -0.2) is 4.79 Å². The van der Waals surface area contributed by atoms with Gasteiger partial charge in [-0.05, 0) is 37.8 Å². The van der Waals surface area contributed by atoms with E-state index in [2.05, 4.69) is 41.8 Å². The van der Waals surface area contributed by atoms with Gasteiger partial charge in [0.15, 0.2) is 6.54 Å². The topological polar surface area (TPSA) is 76.4 Å². The number of ether oxygens (including phenoxy) is 1. The fourth-order valence-electron chi connectivity index (χ4n) is 4.81. The molecular formula is C24H33N3O3S+2. The number of nitrogens with two attached hydrogens (primary N) is 1. The summed E-state index contributed by atoms with van der Waals surface area (Å²) in [6.07, 6.45) is 4.21. The van der Waals surface area contributed by atoms with Crippen molar-refractivity contribution in [2.75, 3.05) is 31.6 Å². The molecule has 4 rings (SSSR count). The van der Waals surface area contributed by atoms with E-state index in [9.17, 15) is 9.59 Å². The van der Waals surface area contributed by atoms with E-state index in [1.807, 2.05) is 6.92 Å². The highest BCUT2D eigenvalue weighted by molar-refractivity contribution is 7.17. The van der Waals surface area contributed by atoms with E-state index in [4.69, 9.17) is 4.74 Å². The first-order chi connectivity index (χ1) is 15.1. The van der Waals surface area contributed by atoms with Crippen molar-refractivity contribution >= 4 is 28.2 Å². The number of quaternary nitrogens is 2. The zero-order valence-electron chi connectivity index (χ0n) is 18.5. The number of amides is 1. The molecule has 6 nitrogen and oxygen atoms in total. The Morgan fingerprint density at radius 2 is 2.10 bits per heavy atom. The number of hydrogen-bond acceptors (Lipinski definition) is 4. The van der Waals surface area contributed by atoms with Gasteiger partial charge in [0.05, 0.1) is 30.1 Å². The summed E-state index contributed by atoms with van der Waals surface area (Å²) in [5, 5.41) is 5.83. The summed E-state index contributed by atoms with van der Waals surface area (Å²) in [6.45, 7) is 7.65. The average molecular weight is 444 g/mol. The van der Waals surface area contributed by atoms with Gasteiger partial charge in [0.25, 0.3) is 5.91 Å². The van der Waals surface area contributed by atoms with Crippen LogP contribution in [0, 0.1) is 0 Å². The van der Waals surface area contributed by atoms with Crippen LogP contribution in [0.2, 0.25) is 0 Å². The number of rotatable bonds is 7. The van der Waals surface area contributed by atoms with Crippen molar-refractivity contribution in [3.8, 4) is 0 Å². The molecule has 0 spiro atoms. The van der Waals surface area contributed by atoms with Crippen molar-refractivity contribution in [3.05, 3.63) is 51.4 Å². The molecule has 4 N–H and O–H groups in total. The molecule has 31 heavy (non-hydrogen) atoms. The maximum absolute atomic E-state index is 12.8. The second-order valence-corrected chi connectivity index (χ2v) is 9.50. The van der Waals surface area contributed by atoms with E-state index in [1.165, 1.54) is 20.9 Å². The molecule has 0 saturated carbocycles. The van der Waals surface area contributed by atoms with Crippen LogP contribution < -0.4 is 15.5 Å². The molecule has 0 bridgehead atoms. The van der Waals surface area contributed by atoms with Gasteiger partial charge in [0.2, 0.25) is 0 Å². The number of thiophene rings is 1. The lowest BCUT2D eigenvalue weighted by atomic mass is 9.88. The van der Waals surface area contributed by atoms with Gasteiger partial charge < -0.3 is 20.3 Å². The molecule has 2 atom stereocenters. The smallest absolute Gasteiger partial charge is 0.341 e. The molecule has 1 unspecified atom stereocenters. The third kappa shape index (κ3) is 4.84. The van der Waals surface area contributed by atoms with Crippen LogP contribution >= 0.6 is 11.3 Å². The maximum atomic E-state index is 12.8. The number of anilines is 1. The highest BCUT2D eigenvalue weighted by atomic mass is 32.1. The Bertz CT molecular complexity index is 956. The first-order valence-electron chi connectivity index (χ1n) is 11.5. The van der Waals surface area contributed by atoms with Gasteiger partial charge in [-0.1, -0.05) is 24.3 Å². The molecule has 1 aliphatic carbocycles. The van der Waals surface area contributed by atoms with Crippen molar-refractivity contribution in [1.29, 1.82) is 0 Å². The van der Waals surface area contributed by atoms with Gasteiger partial charge >= 0.3 is 5.97 Å². The third-order valence-electron chi connectivity index (χ3n) is 6.47. The first-order valence-corrected chi connectivity index (χ1v) is 12.3. The van der Waals surface area contributed by atoms with Gasteiger partial charge in [0, 0.05) is 18.4 Å². The summed E-state index contributed by atoms with van der Waals surface area (Å²) in [6, 6.07) is 8.86. The molecule has 2 heterocycles. The van der Waals surface area contributed by atoms with Crippen LogP contribution in [-0.4, -0.2) is 38.1 Å². The van der Waals surface area contributed by atoms with E-state index in [-0.39, 0.29) is 11.9 Å². The van der Waals surface area contributed by atoms with Gasteiger partial charge in [-0.15, -0.1) is 11.3 Å². The number of esters is 1. The zero-order chi connectivity index (χ0) is 21.8. The van der Waals surface area contributed by atoms with Crippen LogP contribution in [0.1, 0.15) is 64.7 Å². The molecule has 7 heteroatoms. The normalized spacial score (nSPS) is 19.9. The minimum atomic E-state index is -0.319. The number of likely N-dealkylation sites (N-methyl/N-ethyl adjacent to an activating group) is 1. The van der Waals surface area contributed by atoms with Crippen molar-refractivity contribution < 1.29 is 24.5 Å². The standard InChI is InChI=1S/C24H31N3O3S/c1-3-27-13-12-18-20(15-27)31-23(22(18)24(29)30-4-2)26-21(28)14-25-19-11-7-9-16-8-5-6-10-17(16)19/h5-6,8,10,19,25H,3-4,7,9,11-15H2,1-2H3,(H,26,28)/p+2/t19-/m1/s1. The van der Waals surface area contributed by atoms with E-state index >= 15 is 0 Å². The van der Waals surface area contributed by atoms with Crippen molar-refractivity contribution in [1.82, 2.24) is 0 Å². The van der Waals surface area contributed by atoms with E-state index in [0.717, 1.165) is 50.9 Å². The quantitative estimate of drug-likeness (QED) is 0.567. The SMILES string of the molecule is CCOC(=O)c1c(NC(=O)C[NH2+][C@@H]2CCCc3ccccc32)sc2c1CC[NH+](CC)C2. The molecule has 0 fully saturated rings. The molecule has 0 radical (unpaired) electrons. The predicted octanol–water partition coefficient (Wildman–Crippen LogP) is 1.47. The highest BCUT2D eigenvalue weighted by Crippen LogP contribution is 2.35. The van der Waals surface area contributed by atoms with Crippen molar-refractivity contribution in [2.45, 2.75) is 52.1 Å². The van der Waals surface area contributed by atoms with Crippen LogP contribution in [-0.2, 0) is 28.9 Å². The second-order valence-electron chi connectivity index (χ2n) is 8.39. The van der Waals surface area contributed by atoms with Crippen LogP contribution in [0.4, 0.5) is 5.00 Å². The summed E-state index contributed by atoms with van der Waals surface area (Å²) in [4.78, 5) is 28.2. The minimum Gasteiger partial charge on any atom is -0.462 e. The summed E-state index contributed by atoms with van der Waals surface area (Å²) < 4.78 is 5.32. The Balaban J connectivity index is 1.47. The molecular weight excluding hydrogens is 410 g/mol. The van der Waals surface area contributed by atoms with Crippen molar-refractivity contribution in [3.63, 3.8) is 0 Å². The lowest BCUT2D eigenvalue weighted by molar-refractivity contribution is -0.913. The molecule has 1 amide bonds. The molecule has 166 valence electrons. The largest absolute Gasteiger partial charge is 0.462 e. The average Bonchev–Trinajstić information content (AvgIpc) is 3.14. The van der Waals surface area contributed by atoms with Crippen LogP contribution in [0.15, 0.2) is 24.3 Å². The lowest BCUT2D eigenvalue weighted by Crippen LogP contribution is -3.11. The van der Waals surface area contributed by atoms with Crippen molar-refractivity contribution in [2.24, 2.45) is 0 Å². The highest BCUT2D eigenvalue weighted by Gasteiger charge is 2.31. The lowest BCUT2D eigenvalue weighted by Gasteiger charge is -2.23. The molecule has 1 aromatic carbocycles. The fourth-order valence-corrected chi connectivity index (χ4v) is 6.13. The van der Waals surface area contributed by atoms with E-state index in [1.54, 1.807) is 11.3 Å². The number of benzene rings is 1. The molecule has 0 saturated heterocycles. The molecule has 2 aliphatic rings. The first kappa shape index (κ1) is 22.0. The van der Waals surface area contributed by atoms with Crippen LogP contribution in [0.3, 0.4) is 0 Å². The molecule has 1 aliphatic heterocycles. The Hall–Kier alpha value is -2.22. The third-order valence-corrected chi connectivity index (χ3v) is 7.61. The Morgan fingerprint density at radius 3 is 2.90 bits per heavy atom. The van der Waals surface area contributed by atoms with Crippen LogP contribution in [0.25, 0.3) is 0 Å². The number of fused-ring (bicyclic) bond motifs is 2. The minimum absolute atomic E-state index is 0.0631. The van der Waals surface area contributed by atoms with Gasteiger partial charge in [-0.3, -0.25) is 4.79 Å². The second kappa shape index (κ2) is 9.94. The Kier molecular flexibility index (Phi) is 7.05. The number of hydrogen-bond donors (Lipinski definition) is 3. The summed E-state index contributed by atoms with van der Waals surface area (Å²) in [5.41, 5.74) is 4.39. The Morgan fingerprint density at radius 1 is 1.26 bits per heavy atom. The predicted molar refractivity (Wildman–Crippen MR) is 122 cm³/mol. The summed E-state index contributed by atoms with van der Waals surface area (Å²) in [5.74, 6) is -0.382. The molecule has 1 aromatic heterocycles. The fraction of sp³-hybridized carbons (Fsp3) is 0.500. The Labute approximate surface area is 188 Å². The number of carbonyl (C=O) groups is 2. The number of carbonyl (C=O) groups excluding carboxylic acids is 2. The monoisotopic (exact) mass is 443 g/mol. The van der Waals surface area contributed by atoms with Gasteiger partial charge in [0.1, 0.15) is 17.6 Å². The molecule has 2 aromatic rings. The maximum Gasteiger partial charge on any atom is 0.341 e. The zero-order valence-corrected chi connectivity index (χ0v) is 19.3. The van der Waals surface area contributed by atoms with E-state index in [0.29, 0.717) is 29.8 Å². The summed E-state index contributed by atoms with van der Waals surface area (Å²) in [7, 11) is 0. The van der Waals surface area contributed by atoms with Crippen LogP contribution in [0.5, 0.6) is 0 Å². The number of aryl methyl sites for hydroxylation is 1.